The van der Waals surface area contributed by atoms with E-state index < -0.39 is 0 Å². The third kappa shape index (κ3) is 2.06. The first-order chi connectivity index (χ1) is 7.18. The summed E-state index contributed by atoms with van der Waals surface area (Å²) in [6.45, 7) is 2.27. The summed E-state index contributed by atoms with van der Waals surface area (Å²) in [6, 6.07) is 0.224. The number of nitrogens with zero attached hydrogens (tertiary/aromatic N) is 2. The molecule has 84 valence electrons. The zero-order chi connectivity index (χ0) is 10.8. The minimum atomic E-state index is 0.0222. The van der Waals surface area contributed by atoms with Crippen LogP contribution in [0, 0.1) is 0 Å². The second-order valence-electron chi connectivity index (χ2n) is 4.25. The Balaban J connectivity index is 1.98. The smallest absolute Gasteiger partial charge is 0.317 e. The summed E-state index contributed by atoms with van der Waals surface area (Å²) in [6.07, 6.45) is 2.36. The van der Waals surface area contributed by atoms with Crippen molar-refractivity contribution in [3.8, 4) is 0 Å². The van der Waals surface area contributed by atoms with Gasteiger partial charge in [-0.1, -0.05) is 0 Å². The van der Waals surface area contributed by atoms with E-state index in [1.165, 1.54) is 0 Å². The number of likely N-dealkylation sites (tertiary alicyclic amines) is 1. The van der Waals surface area contributed by atoms with Gasteiger partial charge in [0.15, 0.2) is 0 Å². The number of carbonyl (C=O) groups is 2. The molecule has 0 radical (unpaired) electrons. The molecule has 1 unspecified atom stereocenters. The number of nitrogens with one attached hydrogen (secondary N) is 1. The lowest BCUT2D eigenvalue weighted by molar-refractivity contribution is -0.133. The lowest BCUT2D eigenvalue weighted by atomic mass is 10.0. The predicted octanol–water partition coefficient (Wildman–Crippen LogP) is 0.0225. The summed E-state index contributed by atoms with van der Waals surface area (Å²) < 4.78 is 0. The zero-order valence-electron chi connectivity index (χ0n) is 9.03. The summed E-state index contributed by atoms with van der Waals surface area (Å²) in [5, 5.41) is 2.84. The van der Waals surface area contributed by atoms with Gasteiger partial charge in [0, 0.05) is 33.1 Å². The van der Waals surface area contributed by atoms with Gasteiger partial charge in [0.1, 0.15) is 0 Å². The Bertz CT molecular complexity index is 280. The second-order valence-corrected chi connectivity index (χ2v) is 4.25. The number of piperidine rings is 1. The van der Waals surface area contributed by atoms with Gasteiger partial charge in [-0.2, -0.15) is 0 Å². The largest absolute Gasteiger partial charge is 0.344 e. The summed E-state index contributed by atoms with van der Waals surface area (Å²) in [5.74, 6) is 0.184. The number of rotatable bonds is 1. The Labute approximate surface area is 89.4 Å². The molecule has 2 heterocycles. The average Bonchev–Trinajstić information content (AvgIpc) is 2.23. The normalized spacial score (nSPS) is 27.9. The molecule has 0 saturated carbocycles. The first kappa shape index (κ1) is 10.3. The summed E-state index contributed by atoms with van der Waals surface area (Å²) in [7, 11) is 1.80. The van der Waals surface area contributed by atoms with E-state index in [1.807, 2.05) is 4.90 Å². The van der Waals surface area contributed by atoms with E-state index in [-0.39, 0.29) is 18.0 Å². The molecule has 5 nitrogen and oxygen atoms in total. The van der Waals surface area contributed by atoms with Crippen molar-refractivity contribution in [1.82, 2.24) is 15.1 Å². The SMILES string of the molecule is CN1CC(N2CCCNC2=O)CCC1=O. The molecule has 0 aromatic carbocycles. The molecule has 15 heavy (non-hydrogen) atoms. The summed E-state index contributed by atoms with van der Waals surface area (Å²) >= 11 is 0. The van der Waals surface area contributed by atoms with Gasteiger partial charge >= 0.3 is 6.03 Å². The van der Waals surface area contributed by atoms with Gasteiger partial charge in [0.25, 0.3) is 0 Å². The summed E-state index contributed by atoms with van der Waals surface area (Å²) in [4.78, 5) is 26.5. The van der Waals surface area contributed by atoms with Crippen molar-refractivity contribution in [3.63, 3.8) is 0 Å². The molecule has 2 aliphatic rings. The molecule has 2 rings (SSSR count). The molecule has 2 fully saturated rings. The first-order valence-corrected chi connectivity index (χ1v) is 5.47. The highest BCUT2D eigenvalue weighted by molar-refractivity contribution is 5.78. The molecule has 0 spiro atoms. The van der Waals surface area contributed by atoms with Crippen molar-refractivity contribution >= 4 is 11.9 Å². The fourth-order valence-corrected chi connectivity index (χ4v) is 2.24. The van der Waals surface area contributed by atoms with Crippen molar-refractivity contribution in [2.24, 2.45) is 0 Å². The van der Waals surface area contributed by atoms with E-state index in [0.717, 1.165) is 25.9 Å². The molecule has 0 aromatic rings. The highest BCUT2D eigenvalue weighted by atomic mass is 16.2. The standard InChI is InChI=1S/C10H17N3O2/c1-12-7-8(3-4-9(12)14)13-6-2-5-11-10(13)15/h8H,2-7H2,1H3,(H,11,15). The predicted molar refractivity (Wildman–Crippen MR) is 55.4 cm³/mol. The van der Waals surface area contributed by atoms with Crippen LogP contribution < -0.4 is 5.32 Å². The minimum Gasteiger partial charge on any atom is -0.344 e. The van der Waals surface area contributed by atoms with Crippen molar-refractivity contribution in [3.05, 3.63) is 0 Å². The van der Waals surface area contributed by atoms with E-state index in [9.17, 15) is 9.59 Å². The molecular weight excluding hydrogens is 194 g/mol. The molecule has 1 N–H and O–H groups in total. The number of hydrogen-bond donors (Lipinski definition) is 1. The van der Waals surface area contributed by atoms with Crippen LogP contribution in [0.4, 0.5) is 4.79 Å². The van der Waals surface area contributed by atoms with Crippen LogP contribution in [0.15, 0.2) is 0 Å². The first-order valence-electron chi connectivity index (χ1n) is 5.47. The van der Waals surface area contributed by atoms with E-state index in [1.54, 1.807) is 11.9 Å². The number of amides is 3. The topological polar surface area (TPSA) is 52.6 Å². The molecule has 1 atom stereocenters. The van der Waals surface area contributed by atoms with Gasteiger partial charge in [0.05, 0.1) is 6.04 Å². The van der Waals surface area contributed by atoms with E-state index >= 15 is 0 Å². The Hall–Kier alpha value is -1.26. The van der Waals surface area contributed by atoms with Crippen LogP contribution in [0.5, 0.6) is 0 Å². The van der Waals surface area contributed by atoms with Crippen LogP contribution in [0.2, 0.25) is 0 Å². The molecule has 0 aliphatic carbocycles. The van der Waals surface area contributed by atoms with Crippen LogP contribution in [0.25, 0.3) is 0 Å². The Morgan fingerprint density at radius 1 is 1.40 bits per heavy atom. The Morgan fingerprint density at radius 3 is 2.87 bits per heavy atom. The molecule has 0 bridgehead atoms. The van der Waals surface area contributed by atoms with Crippen LogP contribution in [0.3, 0.4) is 0 Å². The highest BCUT2D eigenvalue weighted by Gasteiger charge is 2.31. The van der Waals surface area contributed by atoms with Gasteiger partial charge < -0.3 is 15.1 Å². The van der Waals surface area contributed by atoms with Gasteiger partial charge in [-0.25, -0.2) is 4.79 Å². The van der Waals surface area contributed by atoms with E-state index in [0.29, 0.717) is 13.0 Å². The molecular formula is C10H17N3O2. The van der Waals surface area contributed by atoms with Crippen LogP contribution in [-0.2, 0) is 4.79 Å². The van der Waals surface area contributed by atoms with Crippen LogP contribution in [-0.4, -0.2) is 54.5 Å². The van der Waals surface area contributed by atoms with Crippen molar-refractivity contribution in [2.45, 2.75) is 25.3 Å². The number of hydrogen-bond acceptors (Lipinski definition) is 2. The third-order valence-corrected chi connectivity index (χ3v) is 3.16. The maximum atomic E-state index is 11.6. The van der Waals surface area contributed by atoms with Crippen molar-refractivity contribution in [2.75, 3.05) is 26.7 Å². The molecule has 3 amide bonds. The van der Waals surface area contributed by atoms with Crippen molar-refractivity contribution in [1.29, 1.82) is 0 Å². The van der Waals surface area contributed by atoms with Crippen LogP contribution >= 0.6 is 0 Å². The van der Waals surface area contributed by atoms with Gasteiger partial charge in [-0.3, -0.25) is 4.79 Å². The maximum absolute atomic E-state index is 11.6. The highest BCUT2D eigenvalue weighted by Crippen LogP contribution is 2.17. The van der Waals surface area contributed by atoms with Gasteiger partial charge in [-0.15, -0.1) is 0 Å². The van der Waals surface area contributed by atoms with E-state index in [2.05, 4.69) is 5.32 Å². The quantitative estimate of drug-likeness (QED) is 0.665. The monoisotopic (exact) mass is 211 g/mol. The summed E-state index contributed by atoms with van der Waals surface area (Å²) in [5.41, 5.74) is 0. The molecule has 2 aliphatic heterocycles. The number of likely N-dealkylation sites (N-methyl/N-ethyl adjacent to an activating group) is 1. The zero-order valence-corrected chi connectivity index (χ0v) is 9.03. The Morgan fingerprint density at radius 2 is 2.20 bits per heavy atom. The lowest BCUT2D eigenvalue weighted by Gasteiger charge is -2.39. The Kier molecular flexibility index (Phi) is 2.79. The second kappa shape index (κ2) is 4.08. The molecule has 5 heteroatoms. The van der Waals surface area contributed by atoms with Gasteiger partial charge in [-0.05, 0) is 12.8 Å². The third-order valence-electron chi connectivity index (χ3n) is 3.16. The average molecular weight is 211 g/mol. The van der Waals surface area contributed by atoms with Gasteiger partial charge in [0.2, 0.25) is 5.91 Å². The number of urea groups is 1. The molecule has 0 aromatic heterocycles. The van der Waals surface area contributed by atoms with E-state index in [4.69, 9.17) is 0 Å². The van der Waals surface area contributed by atoms with Crippen molar-refractivity contribution < 1.29 is 9.59 Å². The fraction of sp³-hybridized carbons (Fsp3) is 0.800. The van der Waals surface area contributed by atoms with Crippen LogP contribution in [0.1, 0.15) is 19.3 Å². The minimum absolute atomic E-state index is 0.0222. The maximum Gasteiger partial charge on any atom is 0.317 e. The molecule has 2 saturated heterocycles. The fourth-order valence-electron chi connectivity index (χ4n) is 2.24. The number of carbonyl (C=O) groups excluding carboxylic acids is 2. The lowest BCUT2D eigenvalue weighted by Crippen LogP contribution is -2.56.